The van der Waals surface area contributed by atoms with Crippen molar-refractivity contribution in [1.29, 1.82) is 0 Å². The Labute approximate surface area is 135 Å². The summed E-state index contributed by atoms with van der Waals surface area (Å²) in [5.41, 5.74) is 3.84. The van der Waals surface area contributed by atoms with Crippen LogP contribution in [0.1, 0.15) is 65.0 Å². The Morgan fingerprint density at radius 1 is 1.30 bits per heavy atom. The third kappa shape index (κ3) is 2.52. The Balaban J connectivity index is 1.64. The normalized spacial score (nSPS) is 20.6. The molecule has 1 aliphatic carbocycles. The molecule has 1 amide bonds. The summed E-state index contributed by atoms with van der Waals surface area (Å²) in [5.74, 6) is 0.794. The van der Waals surface area contributed by atoms with E-state index in [0.29, 0.717) is 5.69 Å². The van der Waals surface area contributed by atoms with Crippen molar-refractivity contribution >= 4 is 5.91 Å². The van der Waals surface area contributed by atoms with Crippen LogP contribution in [0.2, 0.25) is 0 Å². The molecule has 0 spiro atoms. The Kier molecular flexibility index (Phi) is 3.59. The van der Waals surface area contributed by atoms with Crippen LogP contribution < -0.4 is 0 Å². The number of likely N-dealkylation sites (tertiary alicyclic amines) is 1. The van der Waals surface area contributed by atoms with E-state index in [-0.39, 0.29) is 11.9 Å². The van der Waals surface area contributed by atoms with Crippen molar-refractivity contribution in [2.45, 2.75) is 51.5 Å². The largest absolute Gasteiger partial charge is 0.329 e. The first-order valence-corrected chi connectivity index (χ1v) is 8.40. The summed E-state index contributed by atoms with van der Waals surface area (Å²) in [5, 5.41) is 7.41. The maximum atomic E-state index is 13.0. The fourth-order valence-corrected chi connectivity index (χ4v) is 3.77. The molecule has 23 heavy (non-hydrogen) atoms. The van der Waals surface area contributed by atoms with Gasteiger partial charge in [0.15, 0.2) is 5.69 Å². The summed E-state index contributed by atoms with van der Waals surface area (Å²) in [6.07, 6.45) is 8.01. The molecule has 2 aliphatic rings. The lowest BCUT2D eigenvalue weighted by Crippen LogP contribution is -2.32. The Morgan fingerprint density at radius 2 is 2.17 bits per heavy atom. The van der Waals surface area contributed by atoms with Gasteiger partial charge in [-0.15, -0.1) is 0 Å². The molecule has 0 aromatic carbocycles. The van der Waals surface area contributed by atoms with E-state index in [1.54, 1.807) is 6.20 Å². The lowest BCUT2D eigenvalue weighted by Gasteiger charge is -2.24. The zero-order chi connectivity index (χ0) is 15.8. The van der Waals surface area contributed by atoms with E-state index < -0.39 is 0 Å². The number of H-pyrrole nitrogens is 1. The summed E-state index contributed by atoms with van der Waals surface area (Å²) in [6.45, 7) is 2.66. The van der Waals surface area contributed by atoms with E-state index in [0.717, 1.165) is 61.4 Å². The van der Waals surface area contributed by atoms with Crippen LogP contribution in [-0.2, 0) is 12.8 Å². The highest BCUT2D eigenvalue weighted by atomic mass is 16.2. The maximum Gasteiger partial charge on any atom is 0.275 e. The zero-order valence-electron chi connectivity index (χ0n) is 13.4. The maximum absolute atomic E-state index is 13.0. The van der Waals surface area contributed by atoms with Gasteiger partial charge in [-0.3, -0.25) is 9.89 Å². The smallest absolute Gasteiger partial charge is 0.275 e. The molecule has 0 radical (unpaired) electrons. The summed E-state index contributed by atoms with van der Waals surface area (Å²) in [6, 6.07) is 1.96. The van der Waals surface area contributed by atoms with Crippen LogP contribution in [0.4, 0.5) is 0 Å². The van der Waals surface area contributed by atoms with Gasteiger partial charge in [0.2, 0.25) is 0 Å². The number of hydrogen-bond donors (Lipinski definition) is 1. The van der Waals surface area contributed by atoms with Crippen molar-refractivity contribution in [2.24, 2.45) is 0 Å². The summed E-state index contributed by atoms with van der Waals surface area (Å²) in [4.78, 5) is 23.7. The molecule has 1 fully saturated rings. The Hall–Kier alpha value is -2.24. The number of aromatic nitrogens is 4. The van der Waals surface area contributed by atoms with E-state index in [2.05, 4.69) is 20.2 Å². The predicted molar refractivity (Wildman–Crippen MR) is 85.0 cm³/mol. The molecule has 1 atom stereocenters. The Bertz CT molecular complexity index is 738. The minimum absolute atomic E-state index is 0.0418. The van der Waals surface area contributed by atoms with Crippen LogP contribution in [0, 0.1) is 6.92 Å². The van der Waals surface area contributed by atoms with Crippen molar-refractivity contribution < 1.29 is 4.79 Å². The fourth-order valence-electron chi connectivity index (χ4n) is 3.77. The van der Waals surface area contributed by atoms with Crippen LogP contribution in [-0.4, -0.2) is 37.5 Å². The highest BCUT2D eigenvalue weighted by Gasteiger charge is 2.34. The monoisotopic (exact) mass is 311 g/mol. The quantitative estimate of drug-likeness (QED) is 0.924. The molecule has 1 saturated heterocycles. The molecule has 6 nitrogen and oxygen atoms in total. The van der Waals surface area contributed by atoms with Crippen molar-refractivity contribution in [3.63, 3.8) is 0 Å². The number of amides is 1. The molecule has 0 saturated carbocycles. The van der Waals surface area contributed by atoms with Crippen LogP contribution in [0.25, 0.3) is 0 Å². The van der Waals surface area contributed by atoms with Crippen molar-refractivity contribution in [1.82, 2.24) is 25.1 Å². The molecule has 2 aromatic heterocycles. The zero-order valence-corrected chi connectivity index (χ0v) is 13.4. The van der Waals surface area contributed by atoms with Gasteiger partial charge in [0.1, 0.15) is 5.82 Å². The number of hydrogen-bond acceptors (Lipinski definition) is 4. The highest BCUT2D eigenvalue weighted by molar-refractivity contribution is 5.94. The summed E-state index contributed by atoms with van der Waals surface area (Å²) >= 11 is 0. The van der Waals surface area contributed by atoms with E-state index in [1.165, 1.54) is 6.42 Å². The van der Waals surface area contributed by atoms with Gasteiger partial charge in [0.05, 0.1) is 11.7 Å². The first-order chi connectivity index (χ1) is 11.2. The van der Waals surface area contributed by atoms with Crippen LogP contribution in [0.15, 0.2) is 12.3 Å². The lowest BCUT2D eigenvalue weighted by molar-refractivity contribution is 0.0725. The molecular weight excluding hydrogens is 290 g/mol. The van der Waals surface area contributed by atoms with Crippen LogP contribution in [0.5, 0.6) is 0 Å². The second-order valence-corrected chi connectivity index (χ2v) is 6.42. The second kappa shape index (κ2) is 5.76. The molecule has 120 valence electrons. The van der Waals surface area contributed by atoms with Crippen molar-refractivity contribution in [2.75, 3.05) is 6.54 Å². The third-order valence-corrected chi connectivity index (χ3v) is 4.91. The summed E-state index contributed by atoms with van der Waals surface area (Å²) < 4.78 is 0. The number of rotatable bonds is 2. The Morgan fingerprint density at radius 3 is 3.04 bits per heavy atom. The van der Waals surface area contributed by atoms with Crippen LogP contribution >= 0.6 is 0 Å². The van der Waals surface area contributed by atoms with Gasteiger partial charge in [-0.2, -0.15) is 5.10 Å². The van der Waals surface area contributed by atoms with Gasteiger partial charge < -0.3 is 4.90 Å². The average molecular weight is 311 g/mol. The van der Waals surface area contributed by atoms with E-state index >= 15 is 0 Å². The topological polar surface area (TPSA) is 74.8 Å². The molecule has 3 heterocycles. The number of aryl methyl sites for hydroxylation is 2. The molecule has 0 bridgehead atoms. The van der Waals surface area contributed by atoms with Gasteiger partial charge in [-0.25, -0.2) is 9.97 Å². The minimum Gasteiger partial charge on any atom is -0.329 e. The van der Waals surface area contributed by atoms with Crippen molar-refractivity contribution in [3.8, 4) is 0 Å². The first kappa shape index (κ1) is 14.4. The van der Waals surface area contributed by atoms with Gasteiger partial charge in [-0.05, 0) is 51.5 Å². The summed E-state index contributed by atoms with van der Waals surface area (Å²) in [7, 11) is 0. The van der Waals surface area contributed by atoms with E-state index in [4.69, 9.17) is 0 Å². The minimum atomic E-state index is 0.0418. The van der Waals surface area contributed by atoms with E-state index in [1.807, 2.05) is 17.9 Å². The van der Waals surface area contributed by atoms with E-state index in [9.17, 15) is 4.79 Å². The van der Waals surface area contributed by atoms with Gasteiger partial charge in [-0.1, -0.05) is 0 Å². The van der Waals surface area contributed by atoms with Crippen molar-refractivity contribution in [3.05, 3.63) is 40.7 Å². The third-order valence-electron chi connectivity index (χ3n) is 4.91. The molecule has 2 aromatic rings. The molecule has 0 unspecified atom stereocenters. The molecule has 1 N–H and O–H groups in total. The van der Waals surface area contributed by atoms with Gasteiger partial charge >= 0.3 is 0 Å². The highest BCUT2D eigenvalue weighted by Crippen LogP contribution is 2.33. The van der Waals surface area contributed by atoms with Crippen LogP contribution in [0.3, 0.4) is 0 Å². The second-order valence-electron chi connectivity index (χ2n) is 6.42. The number of nitrogens with zero attached hydrogens (tertiary/aromatic N) is 4. The molecule has 4 rings (SSSR count). The van der Waals surface area contributed by atoms with Gasteiger partial charge in [0, 0.05) is 24.0 Å². The fraction of sp³-hybridized carbons (Fsp3) is 0.529. The number of fused-ring (bicyclic) bond motifs is 1. The standard InChI is InChI=1S/C17H21N5O/c1-11-18-9-8-14(19-11)15-7-4-10-22(15)17(23)16-12-5-2-3-6-13(12)20-21-16/h8-9,15H,2-7,10H2,1H3,(H,20,21)/t15-/m1/s1. The van der Waals surface area contributed by atoms with Gasteiger partial charge in [0.25, 0.3) is 5.91 Å². The predicted octanol–water partition coefficient (Wildman–Crippen LogP) is 2.36. The molecule has 6 heteroatoms. The lowest BCUT2D eigenvalue weighted by atomic mass is 9.95. The number of carbonyl (C=O) groups excluding carboxylic acids is 1. The SMILES string of the molecule is Cc1nccc([C@H]2CCCN2C(=O)c2n[nH]c3c2CCCC3)n1. The average Bonchev–Trinajstić information content (AvgIpc) is 3.21. The number of aromatic amines is 1. The number of nitrogens with one attached hydrogen (secondary N) is 1. The molecule has 1 aliphatic heterocycles. The first-order valence-electron chi connectivity index (χ1n) is 8.40. The number of carbonyl (C=O) groups is 1. The molecular formula is C17H21N5O.